The zero-order chi connectivity index (χ0) is 20.6. The van der Waals surface area contributed by atoms with Crippen LogP contribution in [0.3, 0.4) is 0 Å². The van der Waals surface area contributed by atoms with Crippen molar-refractivity contribution < 1.29 is 19.1 Å². The third kappa shape index (κ3) is 3.24. The number of esters is 1. The van der Waals surface area contributed by atoms with Gasteiger partial charge in [-0.25, -0.2) is 0 Å². The van der Waals surface area contributed by atoms with Gasteiger partial charge in [0.25, 0.3) is 0 Å². The number of carbonyl (C=O) groups excluding carboxylic acids is 3. The molecule has 28 heavy (non-hydrogen) atoms. The van der Waals surface area contributed by atoms with Crippen molar-refractivity contribution in [1.29, 1.82) is 0 Å². The number of methoxy groups -OCH3 is 1. The lowest BCUT2D eigenvalue weighted by Crippen LogP contribution is -2.53. The number of thioether (sulfide) groups is 1. The summed E-state index contributed by atoms with van der Waals surface area (Å²) in [6.07, 6.45) is 1.08. The van der Waals surface area contributed by atoms with Gasteiger partial charge in [0, 0.05) is 22.7 Å². The van der Waals surface area contributed by atoms with Crippen LogP contribution in [-0.4, -0.2) is 47.1 Å². The van der Waals surface area contributed by atoms with E-state index in [0.29, 0.717) is 11.8 Å². The van der Waals surface area contributed by atoms with Gasteiger partial charge in [-0.1, -0.05) is 26.0 Å². The molecule has 0 bridgehead atoms. The summed E-state index contributed by atoms with van der Waals surface area (Å²) in [5.41, 5.74) is -0.333. The molecule has 2 fully saturated rings. The monoisotopic (exact) mass is 404 g/mol. The van der Waals surface area contributed by atoms with Crippen molar-refractivity contribution in [3.8, 4) is 0 Å². The molecule has 2 aliphatic heterocycles. The number of hydrogen-bond donors (Lipinski definition) is 1. The van der Waals surface area contributed by atoms with Crippen LogP contribution in [0.1, 0.15) is 45.7 Å². The van der Waals surface area contributed by atoms with Gasteiger partial charge >= 0.3 is 5.97 Å². The molecule has 2 heterocycles. The topological polar surface area (TPSA) is 75.7 Å². The standard InChI is InChI=1S/C21H28N2O4S/c1-6-12(3)28-14-10-8-13(9-11-14)17-15-16(19(25)23(7-2)18(15)24)21(4,22-17)20(26)27-5/h8-12,15-17,22H,6-7H2,1-5H3/t12?,15?,16?,17?,21-/m1/s1. The average Bonchev–Trinajstić information content (AvgIpc) is 3.15. The van der Waals surface area contributed by atoms with Crippen LogP contribution in [0.25, 0.3) is 0 Å². The number of carbonyl (C=O) groups is 3. The van der Waals surface area contributed by atoms with Crippen molar-refractivity contribution in [3.63, 3.8) is 0 Å². The van der Waals surface area contributed by atoms with Crippen LogP contribution in [0.4, 0.5) is 0 Å². The maximum absolute atomic E-state index is 13.0. The summed E-state index contributed by atoms with van der Waals surface area (Å²) in [6, 6.07) is 7.62. The molecule has 6 nitrogen and oxygen atoms in total. The highest BCUT2D eigenvalue weighted by Gasteiger charge is 2.66. The van der Waals surface area contributed by atoms with Gasteiger partial charge in [-0.15, -0.1) is 11.8 Å². The third-order valence-electron chi connectivity index (χ3n) is 5.96. The normalized spacial score (nSPS) is 30.5. The summed E-state index contributed by atoms with van der Waals surface area (Å²) in [6.45, 7) is 8.08. The van der Waals surface area contributed by atoms with E-state index in [9.17, 15) is 14.4 Å². The molecule has 2 amide bonds. The predicted octanol–water partition coefficient (Wildman–Crippen LogP) is 2.77. The number of hydrogen-bond acceptors (Lipinski definition) is 6. The number of ether oxygens (including phenoxy) is 1. The summed E-state index contributed by atoms with van der Waals surface area (Å²) < 4.78 is 4.97. The van der Waals surface area contributed by atoms with Gasteiger partial charge in [0.15, 0.2) is 0 Å². The van der Waals surface area contributed by atoms with E-state index in [1.54, 1.807) is 25.6 Å². The molecule has 5 atom stereocenters. The maximum atomic E-state index is 13.0. The molecule has 2 aliphatic rings. The van der Waals surface area contributed by atoms with E-state index in [1.807, 2.05) is 24.3 Å². The Balaban J connectivity index is 1.96. The molecule has 0 spiro atoms. The number of rotatable bonds is 6. The molecular formula is C21H28N2O4S. The Morgan fingerprint density at radius 3 is 2.43 bits per heavy atom. The lowest BCUT2D eigenvalue weighted by molar-refractivity contribution is -0.153. The van der Waals surface area contributed by atoms with Crippen molar-refractivity contribution in [1.82, 2.24) is 10.2 Å². The molecule has 1 aromatic rings. The lowest BCUT2D eigenvalue weighted by atomic mass is 9.80. The molecule has 4 unspecified atom stereocenters. The van der Waals surface area contributed by atoms with Gasteiger partial charge in [0.05, 0.1) is 18.9 Å². The number of benzene rings is 1. The Labute approximate surface area is 170 Å². The number of likely N-dealkylation sites (tertiary alicyclic amines) is 1. The van der Waals surface area contributed by atoms with Gasteiger partial charge in [-0.2, -0.15) is 0 Å². The van der Waals surface area contributed by atoms with Crippen molar-refractivity contribution in [2.24, 2.45) is 11.8 Å². The summed E-state index contributed by atoms with van der Waals surface area (Å²) in [7, 11) is 1.30. The smallest absolute Gasteiger partial charge is 0.326 e. The highest BCUT2D eigenvalue weighted by molar-refractivity contribution is 7.99. The van der Waals surface area contributed by atoms with Crippen LogP contribution < -0.4 is 5.32 Å². The van der Waals surface area contributed by atoms with Crippen LogP contribution in [0.2, 0.25) is 0 Å². The first kappa shape index (κ1) is 20.9. The molecule has 2 saturated heterocycles. The van der Waals surface area contributed by atoms with E-state index < -0.39 is 29.4 Å². The molecular weight excluding hydrogens is 376 g/mol. The number of imide groups is 1. The molecule has 3 rings (SSSR count). The predicted molar refractivity (Wildman–Crippen MR) is 108 cm³/mol. The Morgan fingerprint density at radius 1 is 1.25 bits per heavy atom. The molecule has 152 valence electrons. The zero-order valence-corrected chi connectivity index (χ0v) is 17.8. The van der Waals surface area contributed by atoms with Crippen molar-refractivity contribution >= 4 is 29.5 Å². The first-order valence-corrected chi connectivity index (χ1v) is 10.6. The Morgan fingerprint density at radius 2 is 1.89 bits per heavy atom. The van der Waals surface area contributed by atoms with Crippen molar-refractivity contribution in [3.05, 3.63) is 29.8 Å². The fourth-order valence-corrected chi connectivity index (χ4v) is 5.19. The number of nitrogens with zero attached hydrogens (tertiary/aromatic N) is 1. The minimum atomic E-state index is -1.23. The average molecular weight is 405 g/mol. The van der Waals surface area contributed by atoms with Gasteiger partial charge < -0.3 is 4.74 Å². The second-order valence-corrected chi connectivity index (χ2v) is 9.16. The summed E-state index contributed by atoms with van der Waals surface area (Å²) >= 11 is 1.80. The fourth-order valence-electron chi connectivity index (χ4n) is 4.27. The maximum Gasteiger partial charge on any atom is 0.326 e. The molecule has 1 aromatic carbocycles. The summed E-state index contributed by atoms with van der Waals surface area (Å²) in [4.78, 5) is 40.8. The quantitative estimate of drug-likeness (QED) is 0.446. The molecule has 0 aromatic heterocycles. The Kier molecular flexibility index (Phi) is 5.87. The second kappa shape index (κ2) is 7.87. The highest BCUT2D eigenvalue weighted by atomic mass is 32.2. The molecule has 1 N–H and O–H groups in total. The van der Waals surface area contributed by atoms with Gasteiger partial charge in [-0.3, -0.25) is 24.6 Å². The largest absolute Gasteiger partial charge is 0.468 e. The van der Waals surface area contributed by atoms with E-state index in [-0.39, 0.29) is 11.8 Å². The highest BCUT2D eigenvalue weighted by Crippen LogP contribution is 2.49. The Bertz CT molecular complexity index is 781. The Hall–Kier alpha value is -1.86. The molecule has 7 heteroatoms. The first-order valence-electron chi connectivity index (χ1n) is 9.76. The van der Waals surface area contributed by atoms with Crippen LogP contribution >= 0.6 is 11.8 Å². The van der Waals surface area contributed by atoms with Crippen LogP contribution in [-0.2, 0) is 19.1 Å². The van der Waals surface area contributed by atoms with Gasteiger partial charge in [-0.05, 0) is 38.0 Å². The summed E-state index contributed by atoms with van der Waals surface area (Å²) in [5, 5.41) is 3.79. The van der Waals surface area contributed by atoms with E-state index in [4.69, 9.17) is 4.74 Å². The van der Waals surface area contributed by atoms with Crippen molar-refractivity contribution in [2.45, 2.75) is 55.8 Å². The lowest BCUT2D eigenvalue weighted by Gasteiger charge is -2.28. The van der Waals surface area contributed by atoms with E-state index in [1.165, 1.54) is 12.0 Å². The number of nitrogens with one attached hydrogen (secondary N) is 1. The SMILES string of the molecule is CCC(C)Sc1ccc(C2N[C@@](C)(C(=O)OC)C3C(=O)N(CC)C(=O)C23)cc1. The second-order valence-electron chi connectivity index (χ2n) is 7.65. The molecule has 0 radical (unpaired) electrons. The number of amides is 2. The fraction of sp³-hybridized carbons (Fsp3) is 0.571. The molecule has 0 saturated carbocycles. The van der Waals surface area contributed by atoms with Crippen LogP contribution in [0, 0.1) is 11.8 Å². The van der Waals surface area contributed by atoms with Gasteiger partial charge in [0.1, 0.15) is 5.54 Å². The zero-order valence-electron chi connectivity index (χ0n) is 17.0. The third-order valence-corrected chi connectivity index (χ3v) is 7.24. The van der Waals surface area contributed by atoms with Crippen LogP contribution in [0.5, 0.6) is 0 Å². The van der Waals surface area contributed by atoms with E-state index in [2.05, 4.69) is 19.2 Å². The first-order chi connectivity index (χ1) is 13.3. The molecule has 0 aliphatic carbocycles. The van der Waals surface area contributed by atoms with E-state index >= 15 is 0 Å². The summed E-state index contributed by atoms with van der Waals surface area (Å²) in [5.74, 6) is -2.41. The van der Waals surface area contributed by atoms with E-state index in [0.717, 1.165) is 16.9 Å². The number of fused-ring (bicyclic) bond motifs is 1. The van der Waals surface area contributed by atoms with Crippen LogP contribution in [0.15, 0.2) is 29.2 Å². The minimum Gasteiger partial charge on any atom is -0.468 e. The van der Waals surface area contributed by atoms with Crippen molar-refractivity contribution in [2.75, 3.05) is 13.7 Å². The minimum absolute atomic E-state index is 0.222. The van der Waals surface area contributed by atoms with Gasteiger partial charge in [0.2, 0.25) is 11.8 Å².